The molecular weight excluding hydrogens is 1100 g/mol. The predicted octanol–water partition coefficient (Wildman–Crippen LogP) is 15.1. The molecule has 9 nitrogen and oxygen atoms in total. The Balaban J connectivity index is 0.000000314. The van der Waals surface area contributed by atoms with Crippen LogP contribution in [0.15, 0.2) is 126 Å². The van der Waals surface area contributed by atoms with E-state index in [1.807, 2.05) is 53.7 Å². The largest absolute Gasteiger partial charge is 0.460 e. The van der Waals surface area contributed by atoms with Crippen LogP contribution in [0.5, 0.6) is 0 Å². The van der Waals surface area contributed by atoms with Crippen molar-refractivity contribution in [2.45, 2.75) is 209 Å². The molecule has 2 atom stereocenters. The fourth-order valence-corrected chi connectivity index (χ4v) is 21.8. The van der Waals surface area contributed by atoms with Gasteiger partial charge in [-0.2, -0.15) is 0 Å². The summed E-state index contributed by atoms with van der Waals surface area (Å²) in [5.41, 5.74) is -0.536. The Kier molecular flexibility index (Phi) is 27.0. The first-order valence-corrected chi connectivity index (χ1v) is 35.9. The molecule has 0 radical (unpaired) electrons. The Morgan fingerprint density at radius 1 is 0.500 bits per heavy atom. The SMILES string of the molecule is CC(C)CC1CC(C#CC(=O)[C@@H](CCCO[Si](c2ccccc2)(c2ccccc2)C(C)(C)C)CC(=O)OC(C)(C)C)C1.CO/N=C(\C#CC1CC(CC(C)C)C1)[C@@H](CCCO[Si](c1ccccc1)(c1ccccc1)C(C)(C)C)CC(=O)OC(C)(C)C. The van der Waals surface area contributed by atoms with Gasteiger partial charge in [0.05, 0.1) is 12.8 Å². The normalized spacial score (nSPS) is 18.1. The second-order valence-corrected chi connectivity index (χ2v) is 37.8. The second-order valence-electron chi connectivity index (χ2n) is 29.2. The highest BCUT2D eigenvalue weighted by atomic mass is 28.4. The van der Waals surface area contributed by atoms with Gasteiger partial charge < -0.3 is 23.2 Å². The number of hydrogen-bond acceptors (Lipinski definition) is 9. The average molecular weight is 1210 g/mol. The van der Waals surface area contributed by atoms with Crippen LogP contribution in [-0.2, 0) is 37.5 Å². The summed E-state index contributed by atoms with van der Waals surface area (Å²) in [6.07, 6.45) is 9.77. The lowest BCUT2D eigenvalue weighted by Crippen LogP contribution is -2.66. The van der Waals surface area contributed by atoms with Crippen molar-refractivity contribution in [2.24, 2.45) is 52.5 Å². The lowest BCUT2D eigenvalue weighted by Gasteiger charge is -2.43. The molecule has 2 aliphatic carbocycles. The van der Waals surface area contributed by atoms with E-state index in [4.69, 9.17) is 23.2 Å². The summed E-state index contributed by atoms with van der Waals surface area (Å²) in [6, 6.07) is 42.5. The minimum absolute atomic E-state index is 0.0463. The first-order chi connectivity index (χ1) is 40.5. The van der Waals surface area contributed by atoms with E-state index < -0.39 is 33.8 Å². The lowest BCUT2D eigenvalue weighted by molar-refractivity contribution is -0.157. The lowest BCUT2D eigenvalue weighted by atomic mass is 9.71. The number of esters is 2. The van der Waals surface area contributed by atoms with E-state index in [-0.39, 0.29) is 46.6 Å². The molecule has 4 aromatic carbocycles. The Labute approximate surface area is 522 Å². The Morgan fingerprint density at radius 3 is 1.14 bits per heavy atom. The minimum atomic E-state index is -2.66. The third-order valence-corrected chi connectivity index (χ3v) is 26.4. The number of Topliss-reactive ketones (excluding diaryl/α,β-unsaturated/α-hetero) is 1. The highest BCUT2D eigenvalue weighted by molar-refractivity contribution is 7.00. The van der Waals surface area contributed by atoms with Gasteiger partial charge in [-0.25, -0.2) is 0 Å². The summed E-state index contributed by atoms with van der Waals surface area (Å²) >= 11 is 0. The Hall–Kier alpha value is -5.57. The van der Waals surface area contributed by atoms with E-state index in [9.17, 15) is 14.4 Å². The van der Waals surface area contributed by atoms with Crippen molar-refractivity contribution >= 4 is 60.8 Å². The predicted molar refractivity (Wildman–Crippen MR) is 360 cm³/mol. The van der Waals surface area contributed by atoms with Crippen LogP contribution in [0, 0.1) is 71.0 Å². The van der Waals surface area contributed by atoms with Gasteiger partial charge in [0.15, 0.2) is 0 Å². The fraction of sp³-hybridized carbons (Fsp3) is 0.573. The molecule has 11 heteroatoms. The van der Waals surface area contributed by atoms with Crippen molar-refractivity contribution < 1.29 is 37.5 Å². The molecule has 2 saturated carbocycles. The third-order valence-electron chi connectivity index (χ3n) is 16.4. The number of oxime groups is 1. The van der Waals surface area contributed by atoms with E-state index in [2.05, 4.69) is 207 Å². The van der Waals surface area contributed by atoms with Gasteiger partial charge in [-0.1, -0.05) is 208 Å². The topological polar surface area (TPSA) is 110 Å². The summed E-state index contributed by atoms with van der Waals surface area (Å²) < 4.78 is 25.5. The molecule has 0 N–H and O–H groups in total. The molecule has 0 aromatic heterocycles. The van der Waals surface area contributed by atoms with E-state index in [1.54, 1.807) is 7.11 Å². The third kappa shape index (κ3) is 21.6. The van der Waals surface area contributed by atoms with Crippen molar-refractivity contribution in [2.75, 3.05) is 20.3 Å². The van der Waals surface area contributed by atoms with Crippen LogP contribution in [0.1, 0.15) is 188 Å². The zero-order chi connectivity index (χ0) is 63.4. The first-order valence-electron chi connectivity index (χ1n) is 32.1. The van der Waals surface area contributed by atoms with Crippen LogP contribution in [0.4, 0.5) is 0 Å². The molecule has 4 aromatic rings. The molecule has 0 unspecified atom stereocenters. The van der Waals surface area contributed by atoms with Crippen molar-refractivity contribution in [1.29, 1.82) is 0 Å². The maximum absolute atomic E-state index is 13.3. The highest BCUT2D eigenvalue weighted by Crippen LogP contribution is 2.41. The van der Waals surface area contributed by atoms with Gasteiger partial charge in [0.1, 0.15) is 24.0 Å². The maximum Gasteiger partial charge on any atom is 0.307 e. The molecule has 2 fully saturated rings. The molecule has 0 bridgehead atoms. The minimum Gasteiger partial charge on any atom is -0.460 e. The van der Waals surface area contributed by atoms with Gasteiger partial charge in [0, 0.05) is 36.9 Å². The first kappa shape index (κ1) is 71.2. The Bertz CT molecular complexity index is 2780. The van der Waals surface area contributed by atoms with Crippen LogP contribution < -0.4 is 20.7 Å². The molecule has 0 amide bonds. The van der Waals surface area contributed by atoms with Crippen LogP contribution in [0.3, 0.4) is 0 Å². The molecule has 0 heterocycles. The number of benzene rings is 4. The number of ketones is 1. The maximum atomic E-state index is 13.3. The summed E-state index contributed by atoms with van der Waals surface area (Å²) in [5.74, 6) is 15.0. The molecule has 468 valence electrons. The van der Waals surface area contributed by atoms with Crippen LogP contribution in [-0.4, -0.2) is 71.6 Å². The van der Waals surface area contributed by atoms with E-state index in [0.717, 1.165) is 43.9 Å². The van der Waals surface area contributed by atoms with E-state index in [1.165, 1.54) is 33.6 Å². The molecule has 2 aliphatic rings. The van der Waals surface area contributed by atoms with Crippen molar-refractivity contribution in [3.8, 4) is 23.7 Å². The van der Waals surface area contributed by atoms with Crippen molar-refractivity contribution in [3.05, 3.63) is 121 Å². The molecule has 6 rings (SSSR count). The number of carbonyl (C=O) groups excluding carboxylic acids is 3. The number of ether oxygens (including phenoxy) is 2. The standard InChI is InChI=1S/C38H55NO4Si.C37H52O4Si/c1-29(2)25-31-26-30(27-31)22-23-35(39-41-9)32(28-36(40)43-37(3,4)5)17-16-24-42-44(38(6,7)8,33-18-12-10-13-19-33)34-20-14-11-15-21-34;1-28(2)24-30-25-29(26-30)21-22-34(38)31(27-35(39)41-36(3,4)5)16-15-23-40-42(37(6,7)8,32-17-11-9-12-18-32)33-19-13-10-14-20-33/h10-15,18-21,29-32H,16-17,24-28H2,1-9H3;9-14,17-20,28-31H,15-16,23-27H2,1-8H3/b39-35+;/t30?,31?,32-;29?,30?,31-/m00/s1. The summed E-state index contributed by atoms with van der Waals surface area (Å²) in [4.78, 5) is 44.4. The summed E-state index contributed by atoms with van der Waals surface area (Å²) in [5, 5.41) is 9.09. The van der Waals surface area contributed by atoms with Gasteiger partial charge in [-0.3, -0.25) is 14.4 Å². The van der Waals surface area contributed by atoms with E-state index in [0.29, 0.717) is 61.9 Å². The quantitative estimate of drug-likeness (QED) is 0.0123. The molecule has 86 heavy (non-hydrogen) atoms. The number of carbonyl (C=O) groups is 3. The van der Waals surface area contributed by atoms with Gasteiger partial charge >= 0.3 is 11.9 Å². The number of hydrogen-bond donors (Lipinski definition) is 0. The Morgan fingerprint density at radius 2 is 0.826 bits per heavy atom. The molecule has 0 spiro atoms. The fourth-order valence-electron chi connectivity index (χ4n) is 12.6. The van der Waals surface area contributed by atoms with Crippen LogP contribution in [0.25, 0.3) is 0 Å². The van der Waals surface area contributed by atoms with Crippen molar-refractivity contribution in [3.63, 3.8) is 0 Å². The smallest absolute Gasteiger partial charge is 0.307 e. The van der Waals surface area contributed by atoms with Gasteiger partial charge in [0.25, 0.3) is 16.6 Å². The summed E-state index contributed by atoms with van der Waals surface area (Å²) in [6.45, 7) is 35.0. The molecular formula is C75H107NO8Si2. The zero-order valence-corrected chi connectivity index (χ0v) is 57.8. The molecule has 0 aliphatic heterocycles. The van der Waals surface area contributed by atoms with Gasteiger partial charge in [-0.15, -0.1) is 0 Å². The number of rotatable bonds is 25. The van der Waals surface area contributed by atoms with E-state index >= 15 is 0 Å². The van der Waals surface area contributed by atoms with Gasteiger partial charge in [-0.05, 0) is 172 Å². The van der Waals surface area contributed by atoms with Crippen LogP contribution in [0.2, 0.25) is 10.1 Å². The second kappa shape index (κ2) is 32.6. The summed E-state index contributed by atoms with van der Waals surface area (Å²) in [7, 11) is -3.77. The van der Waals surface area contributed by atoms with Crippen molar-refractivity contribution in [1.82, 2.24) is 0 Å². The monoisotopic (exact) mass is 1210 g/mol. The number of nitrogens with zero attached hydrogens (tertiary/aromatic N) is 1. The zero-order valence-electron chi connectivity index (χ0n) is 55.8. The van der Waals surface area contributed by atoms with Gasteiger partial charge in [0.2, 0.25) is 5.78 Å². The van der Waals surface area contributed by atoms with Crippen LogP contribution >= 0.6 is 0 Å². The highest BCUT2D eigenvalue weighted by Gasteiger charge is 2.51. The molecule has 0 saturated heterocycles. The average Bonchev–Trinajstić information content (AvgIpc) is 0.813.